The third-order valence-electron chi connectivity index (χ3n) is 1.19. The monoisotopic (exact) mass is 277 g/mol. The Morgan fingerprint density at radius 2 is 2.00 bits per heavy atom. The Morgan fingerprint density at radius 3 is 2.13 bits per heavy atom. The van der Waals surface area contributed by atoms with Gasteiger partial charge in [0.15, 0.2) is 0 Å². The van der Waals surface area contributed by atoms with Gasteiger partial charge < -0.3 is 14.9 Å². The van der Waals surface area contributed by atoms with Gasteiger partial charge in [-0.2, -0.15) is 6.07 Å². The Hall–Kier alpha value is -0.467. The smallest absolute Gasteiger partial charge is 0.550 e. The van der Waals surface area contributed by atoms with Gasteiger partial charge in [-0.3, -0.25) is 0 Å². The maximum absolute atomic E-state index is 9.91. The molecule has 0 aliphatic rings. The van der Waals surface area contributed by atoms with Crippen LogP contribution in [0.15, 0.2) is 18.3 Å². The average Bonchev–Trinajstić information content (AvgIpc) is 2.04. The van der Waals surface area contributed by atoms with Crippen molar-refractivity contribution in [2.24, 2.45) is 5.41 Å². The molecule has 0 saturated carbocycles. The average molecular weight is 279 g/mol. The summed E-state index contributed by atoms with van der Waals surface area (Å²) in [7, 11) is 0. The number of carboxylic acid groups (broad SMARTS) is 1. The van der Waals surface area contributed by atoms with Gasteiger partial charge in [0.25, 0.3) is 0 Å². The van der Waals surface area contributed by atoms with Crippen molar-refractivity contribution in [3.63, 3.8) is 0 Å². The minimum absolute atomic E-state index is 0. The van der Waals surface area contributed by atoms with Crippen LogP contribution in [0.2, 0.25) is 5.02 Å². The molecule has 0 radical (unpaired) electrons. The second-order valence-corrected chi connectivity index (χ2v) is 4.04. The topological polar surface area (TPSA) is 53.0 Å². The first-order valence-electron chi connectivity index (χ1n) is 4.03. The van der Waals surface area contributed by atoms with Crippen LogP contribution in [0.4, 0.5) is 0 Å². The van der Waals surface area contributed by atoms with Crippen LogP contribution in [-0.4, -0.2) is 11.0 Å². The zero-order valence-electron chi connectivity index (χ0n) is 9.08. The molecule has 0 bridgehead atoms. The van der Waals surface area contributed by atoms with Gasteiger partial charge in [-0.15, -0.1) is 17.7 Å². The van der Waals surface area contributed by atoms with E-state index in [4.69, 9.17) is 11.6 Å². The zero-order chi connectivity index (χ0) is 11.2. The zero-order valence-corrected chi connectivity index (χ0v) is 12.8. The van der Waals surface area contributed by atoms with Crippen LogP contribution in [0.1, 0.15) is 20.8 Å². The van der Waals surface area contributed by atoms with E-state index in [1.165, 1.54) is 0 Å². The van der Waals surface area contributed by atoms with Crippen molar-refractivity contribution >= 4 is 17.6 Å². The number of carbonyl (C=O) groups is 1. The first-order chi connectivity index (χ1) is 6.34. The summed E-state index contributed by atoms with van der Waals surface area (Å²) in [5.74, 6) is -1.01. The van der Waals surface area contributed by atoms with Crippen LogP contribution in [-0.2, 0) is 24.3 Å². The maximum Gasteiger partial charge on any atom is 2.00 e. The normalized spacial score (nSPS) is 9.33. The third kappa shape index (κ3) is 9.83. The molecule has 1 heterocycles. The molecular weight excluding hydrogens is 267 g/mol. The molecule has 0 aliphatic carbocycles. The molecule has 0 atom stereocenters. The number of carbonyl (C=O) groups excluding carboxylic acids is 1. The molecule has 1 aromatic heterocycles. The van der Waals surface area contributed by atoms with Crippen molar-refractivity contribution in [3.8, 4) is 0 Å². The molecule has 0 amide bonds. The molecule has 78 valence electrons. The molecule has 0 N–H and O–H groups in total. The number of aromatic nitrogens is 1. The van der Waals surface area contributed by atoms with E-state index < -0.39 is 11.4 Å². The molecule has 0 spiro atoms. The minimum Gasteiger partial charge on any atom is -0.550 e. The Kier molecular flexibility index (Phi) is 8.79. The van der Waals surface area contributed by atoms with Crippen molar-refractivity contribution in [1.82, 2.24) is 4.98 Å². The summed E-state index contributed by atoms with van der Waals surface area (Å²) >= 11 is 5.42. The number of rotatable bonds is 0. The van der Waals surface area contributed by atoms with E-state index in [1.54, 1.807) is 39.1 Å². The minimum atomic E-state index is -1.01. The standard InChI is InChI=1S/C5H3ClN.C5H10O2.Zn/c6-5-2-1-3-7-4-5;1-5(2,3)4(6)7;/h1-3H;1-3H3,(H,6,7);/q-1;;+2/p-1. The summed E-state index contributed by atoms with van der Waals surface area (Å²) in [5.41, 5.74) is -0.694. The van der Waals surface area contributed by atoms with Crippen LogP contribution in [0.5, 0.6) is 0 Å². The van der Waals surface area contributed by atoms with Gasteiger partial charge in [-0.05, 0) is 0 Å². The van der Waals surface area contributed by atoms with Gasteiger partial charge in [-0.1, -0.05) is 38.2 Å². The Labute approximate surface area is 108 Å². The summed E-state index contributed by atoms with van der Waals surface area (Å²) < 4.78 is 0. The van der Waals surface area contributed by atoms with Crippen LogP contribution < -0.4 is 5.11 Å². The fourth-order valence-electron chi connectivity index (χ4n) is 0.307. The first kappa shape index (κ1) is 16.9. The molecule has 0 aromatic carbocycles. The van der Waals surface area contributed by atoms with E-state index in [0.717, 1.165) is 0 Å². The fourth-order valence-corrected chi connectivity index (χ4v) is 0.428. The summed E-state index contributed by atoms with van der Waals surface area (Å²) in [6.45, 7) is 4.80. The second kappa shape index (κ2) is 7.78. The van der Waals surface area contributed by atoms with Gasteiger partial charge >= 0.3 is 19.5 Å². The molecule has 1 aromatic rings. The molecule has 5 heteroatoms. The first-order valence-corrected chi connectivity index (χ1v) is 4.41. The second-order valence-electron chi connectivity index (χ2n) is 3.63. The van der Waals surface area contributed by atoms with Crippen LogP contribution in [0.3, 0.4) is 0 Å². The predicted octanol–water partition coefficient (Wildman–Crippen LogP) is 1.32. The van der Waals surface area contributed by atoms with Gasteiger partial charge in [0.2, 0.25) is 0 Å². The fraction of sp³-hybridized carbons (Fsp3) is 0.400. The van der Waals surface area contributed by atoms with E-state index in [9.17, 15) is 9.90 Å². The predicted molar refractivity (Wildman–Crippen MR) is 52.5 cm³/mol. The van der Waals surface area contributed by atoms with Crippen molar-refractivity contribution in [3.05, 3.63) is 29.5 Å². The van der Waals surface area contributed by atoms with E-state index >= 15 is 0 Å². The third-order valence-corrected chi connectivity index (χ3v) is 1.40. The maximum atomic E-state index is 9.91. The van der Waals surface area contributed by atoms with Crippen molar-refractivity contribution in [2.45, 2.75) is 20.8 Å². The molecule has 0 fully saturated rings. The molecule has 3 nitrogen and oxygen atoms in total. The SMILES string of the molecule is CC(C)(C)C(=O)[O-].Clc1[c-]nccc1.[Zn+2]. The van der Waals surface area contributed by atoms with Gasteiger partial charge in [0.05, 0.1) is 0 Å². The number of aliphatic carboxylic acids is 1. The molecule has 15 heavy (non-hydrogen) atoms. The van der Waals surface area contributed by atoms with Crippen molar-refractivity contribution < 1.29 is 29.4 Å². The van der Waals surface area contributed by atoms with Gasteiger partial charge in [-0.25, -0.2) is 0 Å². The largest absolute Gasteiger partial charge is 2.00 e. The summed E-state index contributed by atoms with van der Waals surface area (Å²) in [4.78, 5) is 13.5. The van der Waals surface area contributed by atoms with E-state index in [1.807, 2.05) is 0 Å². The van der Waals surface area contributed by atoms with Crippen molar-refractivity contribution in [2.75, 3.05) is 0 Å². The Morgan fingerprint density at radius 1 is 1.53 bits per heavy atom. The van der Waals surface area contributed by atoms with Crippen molar-refractivity contribution in [1.29, 1.82) is 0 Å². The number of halogens is 1. The summed E-state index contributed by atoms with van der Waals surface area (Å²) in [6, 6.07) is 3.49. The molecule has 1 rings (SSSR count). The summed E-state index contributed by atoms with van der Waals surface area (Å²) in [5, 5.41) is 10.5. The van der Waals surface area contributed by atoms with E-state index in [0.29, 0.717) is 5.02 Å². The molecule has 0 saturated heterocycles. The van der Waals surface area contributed by atoms with Crippen LogP contribution in [0.25, 0.3) is 0 Å². The Balaban J connectivity index is 0. The molecule has 0 unspecified atom stereocenters. The number of carboxylic acids is 1. The quantitative estimate of drug-likeness (QED) is 0.531. The summed E-state index contributed by atoms with van der Waals surface area (Å²) in [6.07, 6.45) is 4.18. The molecular formula is C10H12ClNO2Zn. The van der Waals surface area contributed by atoms with Gasteiger partial charge in [0.1, 0.15) is 0 Å². The number of hydrogen-bond donors (Lipinski definition) is 0. The molecule has 0 aliphatic heterocycles. The van der Waals surface area contributed by atoms with Crippen LogP contribution >= 0.6 is 11.6 Å². The number of nitrogens with zero attached hydrogens (tertiary/aromatic N) is 1. The Bertz CT molecular complexity index is 285. The van der Waals surface area contributed by atoms with E-state index in [-0.39, 0.29) is 19.5 Å². The van der Waals surface area contributed by atoms with Gasteiger partial charge in [0, 0.05) is 11.4 Å². The van der Waals surface area contributed by atoms with Crippen LogP contribution in [0, 0.1) is 11.6 Å². The van der Waals surface area contributed by atoms with E-state index in [2.05, 4.69) is 11.2 Å². The number of pyridine rings is 1. The number of hydrogen-bond acceptors (Lipinski definition) is 3.